The SMILES string of the molecule is O=C(/C=C/c1cnc2ccccc2n1)OCc1ccc(Cl)c(Cl)c1. The largest absolute Gasteiger partial charge is 0.458 e. The molecule has 0 amide bonds. The van der Waals surface area contributed by atoms with E-state index >= 15 is 0 Å². The van der Waals surface area contributed by atoms with E-state index in [1.54, 1.807) is 30.5 Å². The Morgan fingerprint density at radius 1 is 1.08 bits per heavy atom. The molecule has 0 unspecified atom stereocenters. The van der Waals surface area contributed by atoms with Crippen LogP contribution in [0.3, 0.4) is 0 Å². The minimum absolute atomic E-state index is 0.115. The molecule has 6 heteroatoms. The van der Waals surface area contributed by atoms with Crippen LogP contribution < -0.4 is 0 Å². The third-order valence-corrected chi connectivity index (χ3v) is 3.96. The number of nitrogens with zero attached hydrogens (tertiary/aromatic N) is 2. The van der Waals surface area contributed by atoms with Crippen LogP contribution in [-0.4, -0.2) is 15.9 Å². The summed E-state index contributed by atoms with van der Waals surface area (Å²) >= 11 is 11.8. The van der Waals surface area contributed by atoms with Crippen molar-refractivity contribution < 1.29 is 9.53 Å². The Morgan fingerprint density at radius 2 is 1.88 bits per heavy atom. The van der Waals surface area contributed by atoms with Crippen LogP contribution in [-0.2, 0) is 16.1 Å². The average Bonchev–Trinajstić information content (AvgIpc) is 2.60. The Balaban J connectivity index is 1.62. The number of benzene rings is 2. The van der Waals surface area contributed by atoms with Crippen LogP contribution >= 0.6 is 23.2 Å². The number of hydrogen-bond acceptors (Lipinski definition) is 4. The summed E-state index contributed by atoms with van der Waals surface area (Å²) in [5.41, 5.74) is 2.91. The normalized spacial score (nSPS) is 11.1. The van der Waals surface area contributed by atoms with Gasteiger partial charge in [0.05, 0.1) is 33.0 Å². The van der Waals surface area contributed by atoms with Crippen LogP contribution in [0.1, 0.15) is 11.3 Å². The number of rotatable bonds is 4. The maximum absolute atomic E-state index is 11.8. The number of hydrogen-bond donors (Lipinski definition) is 0. The molecule has 0 spiro atoms. The second-order valence-electron chi connectivity index (χ2n) is 4.97. The molecule has 0 fully saturated rings. The standard InChI is InChI=1S/C18H12Cl2N2O2/c19-14-7-5-12(9-15(14)20)11-24-18(23)8-6-13-10-21-16-3-1-2-4-17(16)22-13/h1-10H,11H2/b8-6+. The first kappa shape index (κ1) is 16.4. The second kappa shape index (κ2) is 7.43. The van der Waals surface area contributed by atoms with E-state index in [-0.39, 0.29) is 6.61 Å². The van der Waals surface area contributed by atoms with Crippen LogP contribution in [0.15, 0.2) is 54.7 Å². The highest BCUT2D eigenvalue weighted by Gasteiger charge is 2.03. The van der Waals surface area contributed by atoms with Crippen molar-refractivity contribution >= 4 is 46.3 Å². The summed E-state index contributed by atoms with van der Waals surface area (Å²) in [6.45, 7) is 0.115. The second-order valence-corrected chi connectivity index (χ2v) is 5.79. The summed E-state index contributed by atoms with van der Waals surface area (Å²) in [7, 11) is 0. The molecule has 0 aliphatic rings. The number of halogens is 2. The van der Waals surface area contributed by atoms with Crippen molar-refractivity contribution in [1.29, 1.82) is 0 Å². The summed E-state index contributed by atoms with van der Waals surface area (Å²) in [6, 6.07) is 12.6. The van der Waals surface area contributed by atoms with Gasteiger partial charge < -0.3 is 4.74 Å². The van der Waals surface area contributed by atoms with Gasteiger partial charge in [0, 0.05) is 6.08 Å². The van der Waals surface area contributed by atoms with Gasteiger partial charge in [-0.15, -0.1) is 0 Å². The van der Waals surface area contributed by atoms with Gasteiger partial charge in [0.1, 0.15) is 6.61 Å². The van der Waals surface area contributed by atoms with E-state index in [0.29, 0.717) is 15.7 Å². The lowest BCUT2D eigenvalue weighted by molar-refractivity contribution is -0.138. The van der Waals surface area contributed by atoms with Crippen molar-refractivity contribution in [1.82, 2.24) is 9.97 Å². The maximum atomic E-state index is 11.8. The summed E-state index contributed by atoms with van der Waals surface area (Å²) in [5, 5.41) is 0.883. The molecule has 0 atom stereocenters. The zero-order valence-electron chi connectivity index (χ0n) is 12.4. The van der Waals surface area contributed by atoms with E-state index in [1.807, 2.05) is 24.3 Å². The monoisotopic (exact) mass is 358 g/mol. The van der Waals surface area contributed by atoms with Crippen molar-refractivity contribution in [3.05, 3.63) is 76.0 Å². The fourth-order valence-corrected chi connectivity index (χ4v) is 2.36. The fourth-order valence-electron chi connectivity index (χ4n) is 2.04. The van der Waals surface area contributed by atoms with Gasteiger partial charge in [0.25, 0.3) is 0 Å². The minimum atomic E-state index is -0.476. The zero-order chi connectivity index (χ0) is 16.9. The van der Waals surface area contributed by atoms with E-state index in [0.717, 1.165) is 16.6 Å². The van der Waals surface area contributed by atoms with Crippen LogP contribution in [0.25, 0.3) is 17.1 Å². The summed E-state index contributed by atoms with van der Waals surface area (Å²) in [4.78, 5) is 20.5. The van der Waals surface area contributed by atoms with Crippen molar-refractivity contribution in [3.63, 3.8) is 0 Å². The Morgan fingerprint density at radius 3 is 2.67 bits per heavy atom. The molecule has 0 aliphatic carbocycles. The molecule has 2 aromatic carbocycles. The highest BCUT2D eigenvalue weighted by molar-refractivity contribution is 6.42. The molecule has 0 aliphatic heterocycles. The summed E-state index contributed by atoms with van der Waals surface area (Å²) in [6.07, 6.45) is 4.48. The number of carbonyl (C=O) groups is 1. The molecule has 1 heterocycles. The first-order valence-corrected chi connectivity index (χ1v) is 7.88. The summed E-state index contributed by atoms with van der Waals surface area (Å²) < 4.78 is 5.16. The minimum Gasteiger partial charge on any atom is -0.458 e. The van der Waals surface area contributed by atoms with Gasteiger partial charge in [-0.05, 0) is 35.9 Å². The van der Waals surface area contributed by atoms with Gasteiger partial charge in [-0.25, -0.2) is 9.78 Å². The molecule has 120 valence electrons. The molecular formula is C18H12Cl2N2O2. The molecule has 0 N–H and O–H groups in total. The molecule has 1 aromatic heterocycles. The van der Waals surface area contributed by atoms with Gasteiger partial charge in [0.15, 0.2) is 0 Å². The van der Waals surface area contributed by atoms with Gasteiger partial charge in [0.2, 0.25) is 0 Å². The molecule has 4 nitrogen and oxygen atoms in total. The van der Waals surface area contributed by atoms with Crippen molar-refractivity contribution in [3.8, 4) is 0 Å². The highest BCUT2D eigenvalue weighted by atomic mass is 35.5. The van der Waals surface area contributed by atoms with Crippen LogP contribution in [0, 0.1) is 0 Å². The van der Waals surface area contributed by atoms with Crippen LogP contribution in [0.2, 0.25) is 10.0 Å². The number of esters is 1. The topological polar surface area (TPSA) is 52.1 Å². The lowest BCUT2D eigenvalue weighted by Gasteiger charge is -2.03. The number of fused-ring (bicyclic) bond motifs is 1. The molecule has 0 radical (unpaired) electrons. The Kier molecular flexibility index (Phi) is 5.08. The predicted octanol–water partition coefficient (Wildman–Crippen LogP) is 4.69. The van der Waals surface area contributed by atoms with E-state index in [1.165, 1.54) is 6.08 Å². The first-order chi connectivity index (χ1) is 11.6. The third kappa shape index (κ3) is 4.10. The highest BCUT2D eigenvalue weighted by Crippen LogP contribution is 2.22. The molecule has 24 heavy (non-hydrogen) atoms. The Hall–Kier alpha value is -2.43. The van der Waals surface area contributed by atoms with Crippen molar-refractivity contribution in [2.75, 3.05) is 0 Å². The predicted molar refractivity (Wildman–Crippen MR) is 94.8 cm³/mol. The molecule has 0 saturated heterocycles. The number of carbonyl (C=O) groups excluding carboxylic acids is 1. The molecule has 3 rings (SSSR count). The van der Waals surface area contributed by atoms with Gasteiger partial charge in [-0.1, -0.05) is 41.4 Å². The van der Waals surface area contributed by atoms with Gasteiger partial charge >= 0.3 is 5.97 Å². The van der Waals surface area contributed by atoms with Gasteiger partial charge in [-0.2, -0.15) is 0 Å². The number of aromatic nitrogens is 2. The lowest BCUT2D eigenvalue weighted by Crippen LogP contribution is -2.01. The molecular weight excluding hydrogens is 347 g/mol. The smallest absolute Gasteiger partial charge is 0.331 e. The van der Waals surface area contributed by atoms with Crippen molar-refractivity contribution in [2.24, 2.45) is 0 Å². The molecule has 0 bridgehead atoms. The van der Waals surface area contributed by atoms with Gasteiger partial charge in [-0.3, -0.25) is 4.98 Å². The summed E-state index contributed by atoms with van der Waals surface area (Å²) in [5.74, 6) is -0.476. The average molecular weight is 359 g/mol. The van der Waals surface area contributed by atoms with E-state index < -0.39 is 5.97 Å². The van der Waals surface area contributed by atoms with Crippen molar-refractivity contribution in [2.45, 2.75) is 6.61 Å². The Bertz CT molecular complexity index is 926. The first-order valence-electron chi connectivity index (χ1n) is 7.12. The number of para-hydroxylation sites is 2. The molecule has 3 aromatic rings. The molecule has 0 saturated carbocycles. The third-order valence-electron chi connectivity index (χ3n) is 3.22. The fraction of sp³-hybridized carbons (Fsp3) is 0.0556. The zero-order valence-corrected chi connectivity index (χ0v) is 14.0. The maximum Gasteiger partial charge on any atom is 0.331 e. The van der Waals surface area contributed by atoms with E-state index in [4.69, 9.17) is 27.9 Å². The van der Waals surface area contributed by atoms with Crippen LogP contribution in [0.4, 0.5) is 0 Å². The van der Waals surface area contributed by atoms with E-state index in [9.17, 15) is 4.79 Å². The lowest BCUT2D eigenvalue weighted by atomic mass is 10.2. The number of ether oxygens (including phenoxy) is 1. The van der Waals surface area contributed by atoms with Crippen LogP contribution in [0.5, 0.6) is 0 Å². The Labute approximate surface area is 148 Å². The quantitative estimate of drug-likeness (QED) is 0.501. The van der Waals surface area contributed by atoms with E-state index in [2.05, 4.69) is 9.97 Å².